The van der Waals surface area contributed by atoms with Gasteiger partial charge in [0.1, 0.15) is 0 Å². The average molecular weight is 288 g/mol. The molecule has 0 radical (unpaired) electrons. The summed E-state index contributed by atoms with van der Waals surface area (Å²) in [4.78, 5) is 4.51. The summed E-state index contributed by atoms with van der Waals surface area (Å²) in [6.07, 6.45) is 3.23. The minimum Gasteiger partial charge on any atom is -0.310 e. The Hall–Kier alpha value is -1.19. The van der Waals surface area contributed by atoms with Gasteiger partial charge in [0, 0.05) is 30.1 Å². The normalized spacial score (nSPS) is 12.6. The van der Waals surface area contributed by atoms with Crippen LogP contribution in [0.25, 0.3) is 0 Å². The first-order valence-corrected chi connectivity index (χ1v) is 8.34. The van der Waals surface area contributed by atoms with Crippen LogP contribution in [0.4, 0.5) is 0 Å². The van der Waals surface area contributed by atoms with E-state index in [1.165, 1.54) is 16.1 Å². The first-order valence-electron chi connectivity index (χ1n) is 7.46. The predicted octanol–water partition coefficient (Wildman–Crippen LogP) is 4.30. The molecular weight excluding hydrogens is 264 g/mol. The van der Waals surface area contributed by atoms with Crippen molar-refractivity contribution in [3.8, 4) is 0 Å². The van der Waals surface area contributed by atoms with Gasteiger partial charge in [0.05, 0.1) is 5.01 Å². The van der Waals surface area contributed by atoms with Crippen molar-refractivity contribution in [1.82, 2.24) is 10.3 Å². The van der Waals surface area contributed by atoms with E-state index in [9.17, 15) is 0 Å². The number of aromatic nitrogens is 1. The second-order valence-corrected chi connectivity index (χ2v) is 6.09. The fraction of sp³-hybridized carbons (Fsp3) is 0.471. The summed E-state index contributed by atoms with van der Waals surface area (Å²) in [6, 6.07) is 9.44. The summed E-state index contributed by atoms with van der Waals surface area (Å²) in [6.45, 7) is 7.47. The third-order valence-electron chi connectivity index (χ3n) is 3.59. The molecule has 0 aliphatic rings. The zero-order chi connectivity index (χ0) is 14.4. The number of hydrogen-bond acceptors (Lipinski definition) is 3. The van der Waals surface area contributed by atoms with Crippen molar-refractivity contribution in [1.29, 1.82) is 0 Å². The maximum atomic E-state index is 4.51. The van der Waals surface area contributed by atoms with Crippen LogP contribution in [0.15, 0.2) is 29.6 Å². The molecule has 1 heterocycles. The van der Waals surface area contributed by atoms with Gasteiger partial charge in [0.2, 0.25) is 0 Å². The molecule has 0 aliphatic carbocycles. The Morgan fingerprint density at radius 3 is 2.50 bits per heavy atom. The molecule has 108 valence electrons. The first-order chi connectivity index (χ1) is 9.72. The van der Waals surface area contributed by atoms with Gasteiger partial charge in [-0.2, -0.15) is 0 Å². The molecule has 0 amide bonds. The van der Waals surface area contributed by atoms with Gasteiger partial charge in [-0.1, -0.05) is 38.1 Å². The highest BCUT2D eigenvalue weighted by atomic mass is 32.1. The van der Waals surface area contributed by atoms with Crippen LogP contribution in [0.1, 0.15) is 48.1 Å². The van der Waals surface area contributed by atoms with E-state index in [2.05, 4.69) is 60.7 Å². The van der Waals surface area contributed by atoms with Crippen LogP contribution in [0, 0.1) is 6.92 Å². The van der Waals surface area contributed by atoms with E-state index in [4.69, 9.17) is 0 Å². The lowest BCUT2D eigenvalue weighted by Gasteiger charge is -2.17. The average Bonchev–Trinajstić information content (AvgIpc) is 2.89. The molecule has 1 aromatic heterocycles. The molecule has 0 bridgehead atoms. The van der Waals surface area contributed by atoms with Crippen LogP contribution in [0.5, 0.6) is 0 Å². The molecule has 2 aromatic rings. The Kier molecular flexibility index (Phi) is 5.74. The molecule has 3 heteroatoms. The third kappa shape index (κ3) is 4.15. The summed E-state index contributed by atoms with van der Waals surface area (Å²) in [5.74, 6) is 0. The molecule has 0 saturated heterocycles. The molecule has 0 saturated carbocycles. The van der Waals surface area contributed by atoms with Crippen molar-refractivity contribution < 1.29 is 0 Å². The SMILES string of the molecule is CCc1ccc(C(CC)NCCc2nc(C)cs2)cc1. The van der Waals surface area contributed by atoms with E-state index in [1.54, 1.807) is 11.3 Å². The van der Waals surface area contributed by atoms with Gasteiger partial charge < -0.3 is 5.32 Å². The van der Waals surface area contributed by atoms with Crippen LogP contribution < -0.4 is 5.32 Å². The predicted molar refractivity (Wildman–Crippen MR) is 87.4 cm³/mol. The maximum Gasteiger partial charge on any atom is 0.0940 e. The van der Waals surface area contributed by atoms with Crippen molar-refractivity contribution in [2.24, 2.45) is 0 Å². The summed E-state index contributed by atoms with van der Waals surface area (Å²) in [7, 11) is 0. The van der Waals surface area contributed by atoms with Crippen LogP contribution in [0.3, 0.4) is 0 Å². The first kappa shape index (κ1) is 15.2. The number of rotatable bonds is 7. The topological polar surface area (TPSA) is 24.9 Å². The maximum absolute atomic E-state index is 4.51. The Bertz CT molecular complexity index is 516. The lowest BCUT2D eigenvalue weighted by atomic mass is 10.0. The number of aryl methyl sites for hydroxylation is 2. The summed E-state index contributed by atoms with van der Waals surface area (Å²) >= 11 is 1.76. The van der Waals surface area contributed by atoms with Crippen LogP contribution in [-0.4, -0.2) is 11.5 Å². The van der Waals surface area contributed by atoms with Gasteiger partial charge in [-0.05, 0) is 30.9 Å². The zero-order valence-electron chi connectivity index (χ0n) is 12.6. The van der Waals surface area contributed by atoms with Gasteiger partial charge in [-0.3, -0.25) is 0 Å². The van der Waals surface area contributed by atoms with Gasteiger partial charge in [-0.25, -0.2) is 4.98 Å². The minimum atomic E-state index is 0.446. The van der Waals surface area contributed by atoms with Crippen molar-refractivity contribution in [3.63, 3.8) is 0 Å². The van der Waals surface area contributed by atoms with Crippen LogP contribution in [-0.2, 0) is 12.8 Å². The summed E-state index contributed by atoms with van der Waals surface area (Å²) in [5, 5.41) is 7.00. The molecule has 0 aliphatic heterocycles. The van der Waals surface area contributed by atoms with E-state index in [-0.39, 0.29) is 0 Å². The Balaban J connectivity index is 1.88. The van der Waals surface area contributed by atoms with Gasteiger partial charge in [-0.15, -0.1) is 11.3 Å². The lowest BCUT2D eigenvalue weighted by molar-refractivity contribution is 0.522. The lowest BCUT2D eigenvalue weighted by Crippen LogP contribution is -2.23. The molecule has 1 atom stereocenters. The van der Waals surface area contributed by atoms with E-state index >= 15 is 0 Å². The van der Waals surface area contributed by atoms with Crippen molar-refractivity contribution >= 4 is 11.3 Å². The van der Waals surface area contributed by atoms with Gasteiger partial charge in [0.25, 0.3) is 0 Å². The van der Waals surface area contributed by atoms with E-state index in [1.807, 2.05) is 0 Å². The zero-order valence-corrected chi connectivity index (χ0v) is 13.5. The molecular formula is C17H24N2S. The monoisotopic (exact) mass is 288 g/mol. The number of nitrogens with one attached hydrogen (secondary N) is 1. The largest absolute Gasteiger partial charge is 0.310 e. The number of thiazole rings is 1. The molecule has 1 unspecified atom stereocenters. The highest BCUT2D eigenvalue weighted by Gasteiger charge is 2.08. The molecule has 1 N–H and O–H groups in total. The van der Waals surface area contributed by atoms with E-state index in [0.717, 1.165) is 31.5 Å². The molecule has 2 rings (SSSR count). The van der Waals surface area contributed by atoms with E-state index in [0.29, 0.717) is 6.04 Å². The molecule has 0 spiro atoms. The molecule has 1 aromatic carbocycles. The smallest absolute Gasteiger partial charge is 0.0940 e. The third-order valence-corrected chi connectivity index (χ3v) is 4.62. The highest BCUT2D eigenvalue weighted by Crippen LogP contribution is 2.18. The minimum absolute atomic E-state index is 0.446. The quantitative estimate of drug-likeness (QED) is 0.821. The van der Waals surface area contributed by atoms with Crippen LogP contribution in [0.2, 0.25) is 0 Å². The second-order valence-electron chi connectivity index (χ2n) is 5.14. The Morgan fingerprint density at radius 1 is 1.20 bits per heavy atom. The molecule has 0 fully saturated rings. The van der Waals surface area contributed by atoms with Gasteiger partial charge >= 0.3 is 0 Å². The highest BCUT2D eigenvalue weighted by molar-refractivity contribution is 7.09. The number of benzene rings is 1. The second kappa shape index (κ2) is 7.55. The Morgan fingerprint density at radius 2 is 1.95 bits per heavy atom. The summed E-state index contributed by atoms with van der Waals surface area (Å²) in [5.41, 5.74) is 3.93. The van der Waals surface area contributed by atoms with Gasteiger partial charge in [0.15, 0.2) is 0 Å². The van der Waals surface area contributed by atoms with Crippen molar-refractivity contribution in [3.05, 3.63) is 51.5 Å². The fourth-order valence-electron chi connectivity index (χ4n) is 2.35. The number of hydrogen-bond donors (Lipinski definition) is 1. The molecule has 2 nitrogen and oxygen atoms in total. The number of nitrogens with zero attached hydrogens (tertiary/aromatic N) is 1. The fourth-order valence-corrected chi connectivity index (χ4v) is 3.13. The summed E-state index contributed by atoms with van der Waals surface area (Å²) < 4.78 is 0. The van der Waals surface area contributed by atoms with E-state index < -0.39 is 0 Å². The van der Waals surface area contributed by atoms with Crippen molar-refractivity contribution in [2.45, 2.75) is 46.1 Å². The standard InChI is InChI=1S/C17H24N2S/c1-4-14-6-8-15(9-7-14)16(5-2)18-11-10-17-19-13(3)12-20-17/h6-9,12,16,18H,4-5,10-11H2,1-3H3. The van der Waals surface area contributed by atoms with Crippen LogP contribution >= 0.6 is 11.3 Å². The van der Waals surface area contributed by atoms with Crippen molar-refractivity contribution in [2.75, 3.05) is 6.54 Å². The Labute approximate surface area is 126 Å². The molecule has 20 heavy (non-hydrogen) atoms.